The molecular weight excluding hydrogens is 288 g/mol. The van der Waals surface area contributed by atoms with Gasteiger partial charge in [-0.3, -0.25) is 9.59 Å². The molecule has 5 nitrogen and oxygen atoms in total. The van der Waals surface area contributed by atoms with Gasteiger partial charge in [-0.1, -0.05) is 11.8 Å². The molecule has 0 unspecified atom stereocenters. The molecule has 0 bridgehead atoms. The van der Waals surface area contributed by atoms with Crippen LogP contribution in [0.5, 0.6) is 0 Å². The van der Waals surface area contributed by atoms with Crippen LogP contribution in [0.2, 0.25) is 0 Å². The Morgan fingerprint density at radius 2 is 2.19 bits per heavy atom. The van der Waals surface area contributed by atoms with Crippen molar-refractivity contribution in [3.8, 4) is 11.8 Å². The number of hydrogen-bond acceptors (Lipinski definition) is 5. The van der Waals surface area contributed by atoms with Crippen molar-refractivity contribution in [2.24, 2.45) is 5.73 Å². The Hall–Kier alpha value is -1.84. The molecule has 0 aromatic carbocycles. The van der Waals surface area contributed by atoms with E-state index in [2.05, 4.69) is 16.6 Å². The Labute approximate surface area is 129 Å². The predicted molar refractivity (Wildman–Crippen MR) is 83.2 cm³/mol. The number of methoxy groups -OCH3 is 1. The molecule has 0 spiro atoms. The average Bonchev–Trinajstić information content (AvgIpc) is 2.84. The van der Waals surface area contributed by atoms with Gasteiger partial charge < -0.3 is 15.4 Å². The molecule has 114 valence electrons. The van der Waals surface area contributed by atoms with E-state index in [1.807, 2.05) is 13.0 Å². The van der Waals surface area contributed by atoms with E-state index in [0.29, 0.717) is 30.8 Å². The summed E-state index contributed by atoms with van der Waals surface area (Å²) in [7, 11) is 3.08. The van der Waals surface area contributed by atoms with E-state index in [0.717, 1.165) is 10.4 Å². The van der Waals surface area contributed by atoms with Crippen LogP contribution in [-0.2, 0) is 9.53 Å². The van der Waals surface area contributed by atoms with Gasteiger partial charge in [0.2, 0.25) is 0 Å². The largest absolute Gasteiger partial charge is 0.469 e. The van der Waals surface area contributed by atoms with Crippen LogP contribution in [0.25, 0.3) is 0 Å². The molecule has 0 aliphatic carbocycles. The molecule has 1 rings (SSSR count). The topological polar surface area (TPSA) is 72.6 Å². The number of esters is 1. The zero-order valence-corrected chi connectivity index (χ0v) is 13.4. The van der Waals surface area contributed by atoms with Gasteiger partial charge in [0.25, 0.3) is 5.91 Å². The van der Waals surface area contributed by atoms with Crippen molar-refractivity contribution in [2.45, 2.75) is 19.8 Å². The number of carbonyl (C=O) groups is 2. The molecular formula is C15H20N2O3S. The third kappa shape index (κ3) is 5.21. The van der Waals surface area contributed by atoms with E-state index >= 15 is 0 Å². The third-order valence-corrected chi connectivity index (χ3v) is 4.02. The Bertz CT molecular complexity index is 569. The van der Waals surface area contributed by atoms with Crippen LogP contribution in [-0.4, -0.2) is 44.0 Å². The minimum absolute atomic E-state index is 0.0613. The molecule has 0 radical (unpaired) electrons. The number of nitrogens with zero attached hydrogens (tertiary/aromatic N) is 1. The molecule has 0 fully saturated rings. The standard InChI is InChI=1S/C15H20N2O3S/c1-11-10-13(21-12(11)6-4-8-16)15(19)17(2)9-5-7-14(18)20-3/h10H,5,7-9,16H2,1-3H3. The van der Waals surface area contributed by atoms with Gasteiger partial charge in [0, 0.05) is 20.0 Å². The highest BCUT2D eigenvalue weighted by atomic mass is 32.1. The summed E-state index contributed by atoms with van der Waals surface area (Å²) in [4.78, 5) is 26.4. The third-order valence-electron chi connectivity index (χ3n) is 2.88. The van der Waals surface area contributed by atoms with Gasteiger partial charge in [-0.25, -0.2) is 0 Å². The second-order valence-corrected chi connectivity index (χ2v) is 5.59. The molecule has 2 N–H and O–H groups in total. The first-order valence-corrected chi connectivity index (χ1v) is 7.43. The molecule has 1 heterocycles. The predicted octanol–water partition coefficient (Wildman–Crippen LogP) is 1.39. The fourth-order valence-corrected chi connectivity index (χ4v) is 2.74. The van der Waals surface area contributed by atoms with Gasteiger partial charge in [0.1, 0.15) is 0 Å². The molecule has 1 aromatic rings. The molecule has 0 saturated heterocycles. The summed E-state index contributed by atoms with van der Waals surface area (Å²) in [6.45, 7) is 2.73. The number of ether oxygens (including phenoxy) is 1. The zero-order valence-electron chi connectivity index (χ0n) is 12.6. The molecule has 0 saturated carbocycles. The van der Waals surface area contributed by atoms with Gasteiger partial charge in [-0.2, -0.15) is 0 Å². The minimum Gasteiger partial charge on any atom is -0.469 e. The van der Waals surface area contributed by atoms with Crippen LogP contribution >= 0.6 is 11.3 Å². The van der Waals surface area contributed by atoms with Gasteiger partial charge in [-0.15, -0.1) is 11.3 Å². The minimum atomic E-state index is -0.262. The van der Waals surface area contributed by atoms with E-state index in [-0.39, 0.29) is 11.9 Å². The molecule has 6 heteroatoms. The van der Waals surface area contributed by atoms with Gasteiger partial charge >= 0.3 is 5.97 Å². The summed E-state index contributed by atoms with van der Waals surface area (Å²) >= 11 is 1.37. The van der Waals surface area contributed by atoms with E-state index < -0.39 is 0 Å². The maximum atomic E-state index is 12.3. The summed E-state index contributed by atoms with van der Waals surface area (Å²) in [6, 6.07) is 1.84. The van der Waals surface area contributed by atoms with E-state index in [1.54, 1.807) is 11.9 Å². The number of aryl methyl sites for hydroxylation is 1. The lowest BCUT2D eigenvalue weighted by molar-refractivity contribution is -0.140. The number of thiophene rings is 1. The highest BCUT2D eigenvalue weighted by molar-refractivity contribution is 7.14. The first-order valence-electron chi connectivity index (χ1n) is 6.61. The molecule has 1 aromatic heterocycles. The lowest BCUT2D eigenvalue weighted by Gasteiger charge is -2.15. The number of amides is 1. The van der Waals surface area contributed by atoms with Crippen molar-refractivity contribution in [3.05, 3.63) is 21.4 Å². The van der Waals surface area contributed by atoms with Crippen molar-refractivity contribution >= 4 is 23.2 Å². The molecule has 0 atom stereocenters. The van der Waals surface area contributed by atoms with Crippen LogP contribution in [0, 0.1) is 18.8 Å². The SMILES string of the molecule is COC(=O)CCCN(C)C(=O)c1cc(C)c(C#CCN)s1. The number of rotatable bonds is 5. The summed E-state index contributed by atoms with van der Waals surface area (Å²) in [6.07, 6.45) is 0.893. The number of nitrogens with two attached hydrogens (primary N) is 1. The quantitative estimate of drug-likeness (QED) is 0.659. The monoisotopic (exact) mass is 308 g/mol. The van der Waals surface area contributed by atoms with E-state index in [9.17, 15) is 9.59 Å². The Kier molecular flexibility index (Phi) is 6.92. The lowest BCUT2D eigenvalue weighted by Crippen LogP contribution is -2.27. The second kappa shape index (κ2) is 8.45. The van der Waals surface area contributed by atoms with Gasteiger partial charge in [-0.05, 0) is 25.0 Å². The molecule has 21 heavy (non-hydrogen) atoms. The van der Waals surface area contributed by atoms with Crippen LogP contribution in [0.3, 0.4) is 0 Å². The summed E-state index contributed by atoms with van der Waals surface area (Å²) in [5.74, 6) is 5.43. The normalized spacial score (nSPS) is 9.71. The summed E-state index contributed by atoms with van der Waals surface area (Å²) < 4.78 is 4.57. The fourth-order valence-electron chi connectivity index (χ4n) is 1.70. The number of hydrogen-bond donors (Lipinski definition) is 1. The van der Waals surface area contributed by atoms with Crippen LogP contribution < -0.4 is 5.73 Å². The van der Waals surface area contributed by atoms with Crippen LogP contribution in [0.15, 0.2) is 6.07 Å². The molecule has 1 amide bonds. The highest BCUT2D eigenvalue weighted by Crippen LogP contribution is 2.22. The van der Waals surface area contributed by atoms with Crippen LogP contribution in [0.4, 0.5) is 0 Å². The zero-order chi connectivity index (χ0) is 15.8. The maximum absolute atomic E-state index is 12.3. The summed E-state index contributed by atoms with van der Waals surface area (Å²) in [5, 5.41) is 0. The van der Waals surface area contributed by atoms with Gasteiger partial charge in [0.05, 0.1) is 23.4 Å². The smallest absolute Gasteiger partial charge is 0.305 e. The average molecular weight is 308 g/mol. The highest BCUT2D eigenvalue weighted by Gasteiger charge is 2.16. The Balaban J connectivity index is 2.64. The van der Waals surface area contributed by atoms with Crippen molar-refractivity contribution in [1.82, 2.24) is 4.90 Å². The van der Waals surface area contributed by atoms with Crippen molar-refractivity contribution in [3.63, 3.8) is 0 Å². The Morgan fingerprint density at radius 3 is 2.81 bits per heavy atom. The number of carbonyl (C=O) groups excluding carboxylic acids is 2. The maximum Gasteiger partial charge on any atom is 0.305 e. The van der Waals surface area contributed by atoms with E-state index in [1.165, 1.54) is 18.4 Å². The molecule has 0 aliphatic heterocycles. The first kappa shape index (κ1) is 17.2. The van der Waals surface area contributed by atoms with Crippen LogP contribution in [0.1, 0.15) is 33.0 Å². The summed E-state index contributed by atoms with van der Waals surface area (Å²) in [5.41, 5.74) is 6.33. The van der Waals surface area contributed by atoms with Crippen molar-refractivity contribution < 1.29 is 14.3 Å². The molecule has 0 aliphatic rings. The lowest BCUT2D eigenvalue weighted by atomic mass is 10.2. The second-order valence-electron chi connectivity index (χ2n) is 4.54. The Morgan fingerprint density at radius 1 is 1.48 bits per heavy atom. The van der Waals surface area contributed by atoms with Crippen molar-refractivity contribution in [1.29, 1.82) is 0 Å². The first-order chi connectivity index (χ1) is 9.99. The fraction of sp³-hybridized carbons (Fsp3) is 0.467. The van der Waals surface area contributed by atoms with Gasteiger partial charge in [0.15, 0.2) is 0 Å². The van der Waals surface area contributed by atoms with E-state index in [4.69, 9.17) is 5.73 Å². The van der Waals surface area contributed by atoms with Crippen molar-refractivity contribution in [2.75, 3.05) is 27.2 Å².